The molecule has 0 aliphatic carbocycles. The first-order chi connectivity index (χ1) is 61.0. The summed E-state index contributed by atoms with van der Waals surface area (Å²) in [6, 6.07) is 32.3. The molecule has 12 aromatic rings. The minimum absolute atomic E-state index is 0.0166. The number of pyridine rings is 4. The van der Waals surface area contributed by atoms with Crippen LogP contribution in [0.4, 0.5) is 22.0 Å². The average molecular weight is 1810 g/mol. The molecule has 0 amide bonds. The number of benzene rings is 4. The maximum Gasteiger partial charge on any atom is 0.264 e. The third-order valence-corrected chi connectivity index (χ3v) is 27.2. The molecule has 4 aliphatic rings. The van der Waals surface area contributed by atoms with E-state index in [2.05, 4.69) is 34.4 Å². The highest BCUT2D eigenvalue weighted by molar-refractivity contribution is 7.93. The lowest BCUT2D eigenvalue weighted by Crippen LogP contribution is -2.47. The summed E-state index contributed by atoms with van der Waals surface area (Å²) in [5.74, 6) is 0.328. The first-order valence-electron chi connectivity index (χ1n) is 42.7. The second-order valence-electron chi connectivity index (χ2n) is 35.6. The minimum atomic E-state index is -3.07. The van der Waals surface area contributed by atoms with Crippen molar-refractivity contribution >= 4 is 86.8 Å². The Labute approximate surface area is 744 Å². The number of hydrogen-bond acceptors (Lipinski definition) is 22. The summed E-state index contributed by atoms with van der Waals surface area (Å²) < 4.78 is 153. The minimum Gasteiger partial charge on any atom is -0.461 e. The van der Waals surface area contributed by atoms with Crippen molar-refractivity contribution < 1.29 is 91.5 Å². The number of alkyl halides is 4. The van der Waals surface area contributed by atoms with Crippen LogP contribution in [0.1, 0.15) is 201 Å². The maximum atomic E-state index is 14.7. The van der Waals surface area contributed by atoms with Crippen LogP contribution in [-0.4, -0.2) is 186 Å². The van der Waals surface area contributed by atoms with Crippen molar-refractivity contribution in [2.24, 2.45) is 16.2 Å². The van der Waals surface area contributed by atoms with Gasteiger partial charge in [-0.2, -0.15) is 15.3 Å². The lowest BCUT2D eigenvalue weighted by atomic mass is 9.82. The Bertz CT molecular complexity index is 6480. The summed E-state index contributed by atoms with van der Waals surface area (Å²) in [4.78, 5) is 73.5. The third-order valence-electron chi connectivity index (χ3n) is 22.7. The number of fused-ring (bicyclic) bond motifs is 4. The molecule has 4 saturated heterocycles. The Morgan fingerprint density at radius 2 is 0.899 bits per heavy atom. The largest absolute Gasteiger partial charge is 0.461 e. The highest BCUT2D eigenvalue weighted by Gasteiger charge is 2.48. The zero-order valence-electron chi connectivity index (χ0n) is 74.3. The molecule has 4 unspecified atom stereocenters. The van der Waals surface area contributed by atoms with Gasteiger partial charge >= 0.3 is 0 Å². The Hall–Kier alpha value is -11.8. The molecule has 0 saturated carbocycles. The first-order valence-corrected chi connectivity index (χ1v) is 46.3. The number of halogens is 5. The van der Waals surface area contributed by atoms with E-state index >= 15 is 0 Å². The predicted molar refractivity (Wildman–Crippen MR) is 479 cm³/mol. The van der Waals surface area contributed by atoms with Gasteiger partial charge in [0.25, 0.3) is 5.54 Å². The van der Waals surface area contributed by atoms with Gasteiger partial charge in [-0.05, 0) is 146 Å². The Balaban J connectivity index is 0.000000147. The van der Waals surface area contributed by atoms with Gasteiger partial charge in [0.15, 0.2) is 42.8 Å². The summed E-state index contributed by atoms with van der Waals surface area (Å²) in [5, 5.41) is 24.4. The number of sulfone groups is 2. The molecule has 129 heavy (non-hydrogen) atoms. The number of carbonyl (C=O) groups excluding carboxylic acids is 4. The quantitative estimate of drug-likeness (QED) is 0.0258. The molecule has 1 N–H and O–H groups in total. The van der Waals surface area contributed by atoms with Gasteiger partial charge in [0.05, 0.1) is 83.3 Å². The van der Waals surface area contributed by atoms with E-state index in [1.165, 1.54) is 58.3 Å². The van der Waals surface area contributed by atoms with Crippen LogP contribution in [0.15, 0.2) is 146 Å². The van der Waals surface area contributed by atoms with Crippen LogP contribution in [-0.2, 0) is 29.1 Å². The molecule has 4 aliphatic heterocycles. The molecule has 0 radical (unpaired) electrons. The molecule has 0 bridgehead atoms. The molecule has 12 heterocycles. The Morgan fingerprint density at radius 1 is 0.473 bits per heavy atom. The molecule has 8 aromatic heterocycles. The standard InChI is InChI=1S/C24H25FN4O3.C24H28FN3O4.C24H27FN2O4S.C23H25F2N3O4S/c1-15(2)29-20-11-18(21(30)12-24(26-4)8-9-31-14-24)13-27-23(20)22(28-29)17-6-5-7-19(10-17)32-16(3)25;1-15(2)28-20-10-18(21(30)11-24(13-29)7-8-31-14-24)12-26-23(20)22(27-28)17-5-4-6-19(9-17)32-16(3)25;1-15(2)27-12-20(17-6-5-7-19(8-17)31-16(3)25)23-21(27)9-18(11-26-23)22(28)10-24(4)13-32(29,30)14-24;1-13(2)28-20-8-19(21(29)9-23(4)11-33(30,31)12-23)26-10-17(20)22(27-28)16-7-15(32-14(3)24)5-6-18(16)25/h5-7,10-11,13,15-16H,8-9,12,14H2,1-3H3;4-6,9-10,12,15-16,29H,7-8,11,13-14H2,1-3H3;5-9,11-12,15-16H,10,13-14H2,1-4H3;5-8,10,13-14H,9,11-12H2,1-4H3/t2*16?,24-;;/m11../s1. The maximum absolute atomic E-state index is 14.7. The lowest BCUT2D eigenvalue weighted by molar-refractivity contribution is 0.0687. The number of carbonyl (C=O) groups is 4. The van der Waals surface area contributed by atoms with Crippen molar-refractivity contribution in [2.45, 2.75) is 191 Å². The van der Waals surface area contributed by atoms with Crippen LogP contribution in [0.2, 0.25) is 0 Å². The van der Waals surface area contributed by atoms with Crippen molar-refractivity contribution in [3.8, 4) is 67.9 Å². The van der Waals surface area contributed by atoms with Crippen molar-refractivity contribution in [1.29, 1.82) is 0 Å². The van der Waals surface area contributed by atoms with E-state index in [9.17, 15) is 63.1 Å². The van der Waals surface area contributed by atoms with Gasteiger partial charge in [-0.25, -0.2) is 45.4 Å². The van der Waals surface area contributed by atoms with E-state index < -0.39 is 72.7 Å². The van der Waals surface area contributed by atoms with Crippen LogP contribution >= 0.6 is 0 Å². The summed E-state index contributed by atoms with van der Waals surface area (Å²) in [6.45, 7) is 33.9. The van der Waals surface area contributed by atoms with E-state index in [1.54, 1.807) is 90.7 Å². The van der Waals surface area contributed by atoms with Crippen LogP contribution in [0.5, 0.6) is 23.0 Å². The number of aliphatic hydroxyl groups is 1. The van der Waals surface area contributed by atoms with E-state index in [0.717, 1.165) is 44.3 Å². The fraction of sp³-hybridized carbons (Fsp3) is 0.432. The van der Waals surface area contributed by atoms with E-state index in [-0.39, 0.29) is 126 Å². The molecular weight excluding hydrogens is 1710 g/mol. The predicted octanol–water partition coefficient (Wildman–Crippen LogP) is 18.9. The van der Waals surface area contributed by atoms with Crippen molar-refractivity contribution in [3.63, 3.8) is 0 Å². The highest BCUT2D eigenvalue weighted by Crippen LogP contribution is 2.43. The second kappa shape index (κ2) is 38.5. The SMILES string of the molecule is CC(F)Oc1ccc(F)c(-c2nn(C(C)C)c3cc(C(=O)CC4(C)CS(=O)(=O)C4)ncc23)c1.CC(F)Oc1cccc(-c2cn(C(C)C)c3cc(C(=O)CC4(C)CS(=O)(=O)C4)cnc23)c1.CC(F)Oc1cccc(-c2nn(C(C)C)c3cc(C(=O)C[C@@]4(CO)CCOC4)cnc23)c1.[C-]#[N+][C@@]1(CC(=O)c2cnc3c(-c4cccc(OC(C)F)c4)nn(C(C)C)c3c2)CCOC1. The topological polar surface area (TPSA) is 326 Å². The summed E-state index contributed by atoms with van der Waals surface area (Å²) in [7, 11) is -6.08. The highest BCUT2D eigenvalue weighted by atomic mass is 32.2. The molecular formula is C95H105F5N12O15S2. The summed E-state index contributed by atoms with van der Waals surface area (Å²) in [5.41, 5.74) is 9.00. The molecule has 6 atom stereocenters. The van der Waals surface area contributed by atoms with Crippen molar-refractivity contribution in [3.05, 3.63) is 186 Å². The summed E-state index contributed by atoms with van der Waals surface area (Å²) in [6.07, 6.45) is 4.06. The number of aliphatic hydroxyl groups excluding tert-OH is 1. The van der Waals surface area contributed by atoms with Crippen LogP contribution in [0, 0.1) is 28.6 Å². The van der Waals surface area contributed by atoms with Gasteiger partial charge in [0.2, 0.25) is 25.4 Å². The van der Waals surface area contributed by atoms with Gasteiger partial charge in [0, 0.05) is 169 Å². The number of ether oxygens (including phenoxy) is 6. The van der Waals surface area contributed by atoms with E-state index in [4.69, 9.17) is 45.2 Å². The van der Waals surface area contributed by atoms with Crippen molar-refractivity contribution in [1.82, 2.24) is 53.8 Å². The van der Waals surface area contributed by atoms with Gasteiger partial charge in [-0.3, -0.25) is 53.2 Å². The third kappa shape index (κ3) is 21.9. The van der Waals surface area contributed by atoms with E-state index in [0.29, 0.717) is 106 Å². The monoisotopic (exact) mass is 1810 g/mol. The summed E-state index contributed by atoms with van der Waals surface area (Å²) >= 11 is 0. The van der Waals surface area contributed by atoms with Gasteiger partial charge in [0.1, 0.15) is 69.2 Å². The number of hydrogen-bond donors (Lipinski definition) is 1. The van der Waals surface area contributed by atoms with Gasteiger partial charge in [-0.1, -0.05) is 50.2 Å². The molecule has 4 aromatic carbocycles. The molecule has 34 heteroatoms. The lowest BCUT2D eigenvalue weighted by Gasteiger charge is -2.37. The number of aromatic nitrogens is 11. The number of rotatable bonds is 29. The Morgan fingerprint density at radius 3 is 1.34 bits per heavy atom. The fourth-order valence-electron chi connectivity index (χ4n) is 16.8. The molecule has 27 nitrogen and oxygen atoms in total. The molecule has 4 fully saturated rings. The van der Waals surface area contributed by atoms with Crippen LogP contribution in [0.3, 0.4) is 0 Å². The molecule has 682 valence electrons. The van der Waals surface area contributed by atoms with Gasteiger partial charge in [-0.15, -0.1) is 0 Å². The van der Waals surface area contributed by atoms with E-state index in [1.807, 2.05) is 108 Å². The zero-order chi connectivity index (χ0) is 93.1. The van der Waals surface area contributed by atoms with Gasteiger partial charge < -0.3 is 42.9 Å². The molecule has 0 spiro atoms. The smallest absolute Gasteiger partial charge is 0.264 e. The number of Topliss-reactive ketones (excluding diaryl/α,β-unsaturated/α-hetero) is 4. The normalized spacial score (nSPS) is 18.6. The van der Waals surface area contributed by atoms with Crippen LogP contribution < -0.4 is 18.9 Å². The number of nitrogens with zero attached hydrogens (tertiary/aromatic N) is 12. The number of ketones is 4. The van der Waals surface area contributed by atoms with Crippen molar-refractivity contribution in [2.75, 3.05) is 56.0 Å². The fourth-order valence-corrected chi connectivity index (χ4v) is 21.3. The second-order valence-corrected chi connectivity index (χ2v) is 39.7. The molecule has 16 rings (SSSR count). The van der Waals surface area contributed by atoms with Crippen LogP contribution in [0.25, 0.3) is 93.7 Å². The average Bonchev–Trinajstić information content (AvgIpc) is 1.35. The zero-order valence-corrected chi connectivity index (χ0v) is 76.0. The first kappa shape index (κ1) is 94.8. The Kier molecular flexibility index (Phi) is 28.3.